The number of methoxy groups -OCH3 is 1. The van der Waals surface area contributed by atoms with E-state index in [1.54, 1.807) is 7.11 Å². The molecule has 2 aliphatic rings. The van der Waals surface area contributed by atoms with Gasteiger partial charge in [-0.15, -0.1) is 0 Å². The molecule has 1 aromatic rings. The summed E-state index contributed by atoms with van der Waals surface area (Å²) in [6.45, 7) is 2.70. The first-order chi connectivity index (χ1) is 11.6. The smallest absolute Gasteiger partial charge is 0.240 e. The lowest BCUT2D eigenvalue weighted by atomic mass is 9.82. The SMILES string of the molecule is COc1cccc(N2CCC(CNC(=O)C3(N)CCCCC3)C2)c1. The Morgan fingerprint density at radius 1 is 1.38 bits per heavy atom. The highest BCUT2D eigenvalue weighted by molar-refractivity contribution is 5.86. The molecule has 0 aromatic heterocycles. The molecule has 1 aliphatic carbocycles. The van der Waals surface area contributed by atoms with Crippen molar-refractivity contribution < 1.29 is 9.53 Å². The first-order valence-corrected chi connectivity index (χ1v) is 9.07. The van der Waals surface area contributed by atoms with Crippen LogP contribution in [0.5, 0.6) is 5.75 Å². The van der Waals surface area contributed by atoms with E-state index >= 15 is 0 Å². The van der Waals surface area contributed by atoms with E-state index in [2.05, 4.69) is 22.3 Å². The van der Waals surface area contributed by atoms with E-state index in [1.165, 1.54) is 12.1 Å². The number of rotatable bonds is 5. The standard InChI is InChI=1S/C19H29N3O2/c1-24-17-7-5-6-16(12-17)22-11-8-15(14-22)13-21-18(23)19(20)9-3-2-4-10-19/h5-7,12,15H,2-4,8-11,13-14,20H2,1H3,(H,21,23). The van der Waals surface area contributed by atoms with Gasteiger partial charge in [0.2, 0.25) is 5.91 Å². The zero-order valence-corrected chi connectivity index (χ0v) is 14.6. The van der Waals surface area contributed by atoms with E-state index in [9.17, 15) is 4.79 Å². The van der Waals surface area contributed by atoms with E-state index in [-0.39, 0.29) is 5.91 Å². The largest absolute Gasteiger partial charge is 0.497 e. The number of hydrogen-bond acceptors (Lipinski definition) is 4. The quantitative estimate of drug-likeness (QED) is 0.869. The highest BCUT2D eigenvalue weighted by Crippen LogP contribution is 2.28. The molecule has 1 saturated heterocycles. The van der Waals surface area contributed by atoms with Gasteiger partial charge in [0.05, 0.1) is 12.6 Å². The maximum absolute atomic E-state index is 12.4. The number of carbonyl (C=O) groups excluding carboxylic acids is 1. The summed E-state index contributed by atoms with van der Waals surface area (Å²) in [5.74, 6) is 1.40. The molecule has 1 amide bonds. The minimum absolute atomic E-state index is 0.0435. The predicted molar refractivity (Wildman–Crippen MR) is 96.3 cm³/mol. The molecule has 3 rings (SSSR count). The molecule has 5 nitrogen and oxygen atoms in total. The third kappa shape index (κ3) is 3.83. The Morgan fingerprint density at radius 3 is 2.92 bits per heavy atom. The third-order valence-electron chi connectivity index (χ3n) is 5.45. The average molecular weight is 331 g/mol. The molecule has 1 aliphatic heterocycles. The fraction of sp³-hybridized carbons (Fsp3) is 0.632. The Balaban J connectivity index is 1.50. The van der Waals surface area contributed by atoms with Crippen LogP contribution >= 0.6 is 0 Å². The zero-order chi connectivity index (χ0) is 17.0. The molecule has 1 unspecified atom stereocenters. The van der Waals surface area contributed by atoms with Gasteiger partial charge >= 0.3 is 0 Å². The van der Waals surface area contributed by atoms with Crippen LogP contribution in [-0.2, 0) is 4.79 Å². The normalized spacial score (nSPS) is 23.1. The van der Waals surface area contributed by atoms with Crippen LogP contribution in [0.1, 0.15) is 38.5 Å². The number of nitrogens with two attached hydrogens (primary N) is 1. The van der Waals surface area contributed by atoms with Gasteiger partial charge in [-0.05, 0) is 37.3 Å². The van der Waals surface area contributed by atoms with Crippen molar-refractivity contribution in [3.05, 3.63) is 24.3 Å². The topological polar surface area (TPSA) is 67.6 Å². The van der Waals surface area contributed by atoms with Crippen molar-refractivity contribution in [1.82, 2.24) is 5.32 Å². The lowest BCUT2D eigenvalue weighted by Gasteiger charge is -2.32. The first kappa shape index (κ1) is 17.1. The molecule has 0 radical (unpaired) electrons. The van der Waals surface area contributed by atoms with Gasteiger partial charge in [-0.25, -0.2) is 0 Å². The Bertz CT molecular complexity index is 569. The molecule has 0 bridgehead atoms. The number of nitrogens with zero attached hydrogens (tertiary/aromatic N) is 1. The van der Waals surface area contributed by atoms with Gasteiger partial charge in [0.25, 0.3) is 0 Å². The van der Waals surface area contributed by atoms with E-state index < -0.39 is 5.54 Å². The second kappa shape index (κ2) is 7.43. The van der Waals surface area contributed by atoms with Crippen LogP contribution in [0, 0.1) is 5.92 Å². The van der Waals surface area contributed by atoms with Crippen molar-refractivity contribution in [2.24, 2.45) is 11.7 Å². The molecular formula is C19H29N3O2. The van der Waals surface area contributed by atoms with Gasteiger partial charge in [-0.2, -0.15) is 0 Å². The molecule has 24 heavy (non-hydrogen) atoms. The molecule has 132 valence electrons. The number of amides is 1. The summed E-state index contributed by atoms with van der Waals surface area (Å²) in [5.41, 5.74) is 6.85. The Labute approximate surface area is 144 Å². The highest BCUT2D eigenvalue weighted by atomic mass is 16.5. The molecule has 1 atom stereocenters. The summed E-state index contributed by atoms with van der Waals surface area (Å²) in [7, 11) is 1.69. The number of benzene rings is 1. The van der Waals surface area contributed by atoms with Crippen molar-refractivity contribution in [3.8, 4) is 5.75 Å². The third-order valence-corrected chi connectivity index (χ3v) is 5.45. The van der Waals surface area contributed by atoms with Crippen LogP contribution in [-0.4, -0.2) is 38.2 Å². The van der Waals surface area contributed by atoms with Crippen LogP contribution in [0.15, 0.2) is 24.3 Å². The summed E-state index contributed by atoms with van der Waals surface area (Å²) >= 11 is 0. The second-order valence-electron chi connectivity index (χ2n) is 7.23. The highest BCUT2D eigenvalue weighted by Gasteiger charge is 2.35. The van der Waals surface area contributed by atoms with E-state index in [4.69, 9.17) is 10.5 Å². The molecule has 1 heterocycles. The summed E-state index contributed by atoms with van der Waals surface area (Å²) in [4.78, 5) is 14.8. The molecule has 1 aromatic carbocycles. The lowest BCUT2D eigenvalue weighted by molar-refractivity contribution is -0.127. The monoisotopic (exact) mass is 331 g/mol. The van der Waals surface area contributed by atoms with Crippen LogP contribution in [0.3, 0.4) is 0 Å². The summed E-state index contributed by atoms with van der Waals surface area (Å²) < 4.78 is 5.30. The molecule has 2 fully saturated rings. The summed E-state index contributed by atoms with van der Waals surface area (Å²) in [6, 6.07) is 8.16. The van der Waals surface area contributed by atoms with Gasteiger partial charge in [-0.3, -0.25) is 4.79 Å². The average Bonchev–Trinajstić information content (AvgIpc) is 3.09. The number of nitrogens with one attached hydrogen (secondary N) is 1. The lowest BCUT2D eigenvalue weighted by Crippen LogP contribution is -2.55. The number of anilines is 1. The molecule has 1 saturated carbocycles. The fourth-order valence-corrected chi connectivity index (χ4v) is 3.86. The van der Waals surface area contributed by atoms with E-state index in [1.807, 2.05) is 12.1 Å². The fourth-order valence-electron chi connectivity index (χ4n) is 3.86. The van der Waals surface area contributed by atoms with Crippen LogP contribution < -0.4 is 20.7 Å². The summed E-state index contributed by atoms with van der Waals surface area (Å²) in [6.07, 6.45) is 6.06. The minimum Gasteiger partial charge on any atom is -0.497 e. The summed E-state index contributed by atoms with van der Waals surface area (Å²) in [5, 5.41) is 3.11. The molecule has 5 heteroatoms. The van der Waals surface area contributed by atoms with Crippen molar-refractivity contribution in [2.45, 2.75) is 44.1 Å². The Kier molecular flexibility index (Phi) is 5.29. The Morgan fingerprint density at radius 2 is 2.17 bits per heavy atom. The predicted octanol–water partition coefficient (Wildman–Crippen LogP) is 2.30. The number of hydrogen-bond donors (Lipinski definition) is 2. The zero-order valence-electron chi connectivity index (χ0n) is 14.6. The van der Waals surface area contributed by atoms with E-state index in [0.717, 1.165) is 57.5 Å². The number of ether oxygens (including phenoxy) is 1. The van der Waals surface area contributed by atoms with Gasteiger partial charge < -0.3 is 20.7 Å². The maximum Gasteiger partial charge on any atom is 0.240 e. The minimum atomic E-state index is -0.636. The molecule has 0 spiro atoms. The Hall–Kier alpha value is -1.75. The van der Waals surface area contributed by atoms with Gasteiger partial charge in [0.15, 0.2) is 0 Å². The van der Waals surface area contributed by atoms with Crippen molar-refractivity contribution in [3.63, 3.8) is 0 Å². The number of carbonyl (C=O) groups is 1. The van der Waals surface area contributed by atoms with Crippen LogP contribution in [0.2, 0.25) is 0 Å². The first-order valence-electron chi connectivity index (χ1n) is 9.07. The van der Waals surface area contributed by atoms with Crippen molar-refractivity contribution in [1.29, 1.82) is 0 Å². The van der Waals surface area contributed by atoms with Crippen LogP contribution in [0.4, 0.5) is 5.69 Å². The molecular weight excluding hydrogens is 302 g/mol. The van der Waals surface area contributed by atoms with Crippen molar-refractivity contribution in [2.75, 3.05) is 31.6 Å². The van der Waals surface area contributed by atoms with Gasteiger partial charge in [-0.1, -0.05) is 25.3 Å². The van der Waals surface area contributed by atoms with E-state index in [0.29, 0.717) is 5.92 Å². The second-order valence-corrected chi connectivity index (χ2v) is 7.23. The van der Waals surface area contributed by atoms with Crippen molar-refractivity contribution >= 4 is 11.6 Å². The molecule has 3 N–H and O–H groups in total. The van der Waals surface area contributed by atoms with Crippen LogP contribution in [0.25, 0.3) is 0 Å². The van der Waals surface area contributed by atoms with Gasteiger partial charge in [0, 0.05) is 31.4 Å². The maximum atomic E-state index is 12.4. The van der Waals surface area contributed by atoms with Gasteiger partial charge in [0.1, 0.15) is 5.75 Å².